The van der Waals surface area contributed by atoms with Crippen molar-refractivity contribution >= 4 is 5.78 Å². The first-order valence-electron chi connectivity index (χ1n) is 4.40. The summed E-state index contributed by atoms with van der Waals surface area (Å²) in [7, 11) is 0. The molecule has 0 unspecified atom stereocenters. The van der Waals surface area contributed by atoms with E-state index in [9.17, 15) is 4.79 Å². The Balaban J connectivity index is 2.71. The van der Waals surface area contributed by atoms with E-state index in [-0.39, 0.29) is 5.78 Å². The van der Waals surface area contributed by atoms with E-state index >= 15 is 0 Å². The summed E-state index contributed by atoms with van der Waals surface area (Å²) in [6, 6.07) is 9.09. The first-order chi connectivity index (χ1) is 6.75. The van der Waals surface area contributed by atoms with Crippen LogP contribution in [0.25, 0.3) is 0 Å². The molecule has 0 aliphatic heterocycles. The minimum Gasteiger partial charge on any atom is -0.405 e. The third kappa shape index (κ3) is 2.59. The van der Waals surface area contributed by atoms with Crippen LogP contribution in [-0.2, 0) is 0 Å². The fraction of sp³-hybridized carbons (Fsp3) is 0.0833. The Morgan fingerprint density at radius 1 is 1.36 bits per heavy atom. The van der Waals surface area contributed by atoms with Gasteiger partial charge < -0.3 is 5.73 Å². The van der Waals surface area contributed by atoms with Gasteiger partial charge in [-0.3, -0.25) is 4.79 Å². The van der Waals surface area contributed by atoms with Crippen molar-refractivity contribution in [3.8, 4) is 0 Å². The van der Waals surface area contributed by atoms with Crippen molar-refractivity contribution in [1.82, 2.24) is 0 Å². The number of hydrogen-bond donors (Lipinski definition) is 1. The molecule has 2 heteroatoms. The largest absolute Gasteiger partial charge is 0.405 e. The van der Waals surface area contributed by atoms with Crippen molar-refractivity contribution in [2.75, 3.05) is 0 Å². The lowest BCUT2D eigenvalue weighted by Crippen LogP contribution is -2.01. The number of allylic oxidation sites excluding steroid dienone is 2. The number of carbonyl (C=O) groups excluding carboxylic acids is 1. The van der Waals surface area contributed by atoms with E-state index in [1.54, 1.807) is 18.2 Å². The van der Waals surface area contributed by atoms with Gasteiger partial charge in [-0.05, 0) is 18.2 Å². The van der Waals surface area contributed by atoms with Gasteiger partial charge in [-0.25, -0.2) is 0 Å². The monoisotopic (exact) mass is 187 g/mol. The van der Waals surface area contributed by atoms with E-state index < -0.39 is 0 Å². The lowest BCUT2D eigenvalue weighted by Gasteiger charge is -2.01. The highest BCUT2D eigenvalue weighted by Crippen LogP contribution is 2.09. The zero-order chi connectivity index (χ0) is 10.4. The van der Waals surface area contributed by atoms with Crippen LogP contribution >= 0.6 is 0 Å². The van der Waals surface area contributed by atoms with E-state index in [2.05, 4.69) is 6.58 Å². The minimum absolute atomic E-state index is 0.0244. The first-order valence-corrected chi connectivity index (χ1v) is 4.40. The summed E-state index contributed by atoms with van der Waals surface area (Å²) in [5.74, 6) is -0.0244. The molecule has 0 saturated carbocycles. The SMILES string of the molecule is C=C(CC=CN)C(=O)c1ccccc1. The highest BCUT2D eigenvalue weighted by atomic mass is 16.1. The normalized spacial score (nSPS) is 10.3. The molecule has 0 aliphatic rings. The van der Waals surface area contributed by atoms with Crippen LogP contribution < -0.4 is 5.73 Å². The summed E-state index contributed by atoms with van der Waals surface area (Å²) in [5.41, 5.74) is 6.41. The molecule has 0 aliphatic carbocycles. The van der Waals surface area contributed by atoms with Gasteiger partial charge in [0.2, 0.25) is 0 Å². The molecule has 2 nitrogen and oxygen atoms in total. The Morgan fingerprint density at radius 3 is 2.57 bits per heavy atom. The van der Waals surface area contributed by atoms with Crippen LogP contribution in [0.4, 0.5) is 0 Å². The maximum atomic E-state index is 11.7. The molecule has 0 bridgehead atoms. The molecule has 1 aromatic carbocycles. The van der Waals surface area contributed by atoms with E-state index in [1.165, 1.54) is 6.20 Å². The van der Waals surface area contributed by atoms with Gasteiger partial charge in [-0.15, -0.1) is 0 Å². The number of ketones is 1. The molecule has 0 heterocycles. The number of nitrogens with two attached hydrogens (primary N) is 1. The lowest BCUT2D eigenvalue weighted by molar-refractivity contribution is 0.103. The molecule has 2 N–H and O–H groups in total. The second-order valence-electron chi connectivity index (χ2n) is 2.93. The van der Waals surface area contributed by atoms with Gasteiger partial charge in [0, 0.05) is 5.56 Å². The quantitative estimate of drug-likeness (QED) is 0.580. The zero-order valence-electron chi connectivity index (χ0n) is 7.94. The second kappa shape index (κ2) is 5.02. The predicted octanol–water partition coefficient (Wildman–Crippen LogP) is 2.29. The number of Topliss-reactive ketones (excluding diaryl/α,β-unsaturated/α-hetero) is 1. The molecular formula is C12H13NO. The third-order valence-corrected chi connectivity index (χ3v) is 1.86. The smallest absolute Gasteiger partial charge is 0.188 e. The molecule has 0 radical (unpaired) electrons. The van der Waals surface area contributed by atoms with Crippen molar-refractivity contribution in [2.45, 2.75) is 6.42 Å². The molecule has 0 atom stereocenters. The molecule has 0 aromatic heterocycles. The van der Waals surface area contributed by atoms with Crippen LogP contribution in [0.3, 0.4) is 0 Å². The molecule has 1 rings (SSSR count). The molecule has 0 saturated heterocycles. The second-order valence-corrected chi connectivity index (χ2v) is 2.93. The third-order valence-electron chi connectivity index (χ3n) is 1.86. The Labute approximate surface area is 83.7 Å². The van der Waals surface area contributed by atoms with Gasteiger partial charge in [0.1, 0.15) is 0 Å². The van der Waals surface area contributed by atoms with Gasteiger partial charge in [0.25, 0.3) is 0 Å². The van der Waals surface area contributed by atoms with Crippen LogP contribution in [-0.4, -0.2) is 5.78 Å². The van der Waals surface area contributed by atoms with Crippen molar-refractivity contribution < 1.29 is 4.79 Å². The summed E-state index contributed by atoms with van der Waals surface area (Å²) in [4.78, 5) is 11.7. The summed E-state index contributed by atoms with van der Waals surface area (Å²) in [6.07, 6.45) is 3.64. The molecular weight excluding hydrogens is 174 g/mol. The fourth-order valence-electron chi connectivity index (χ4n) is 1.10. The van der Waals surface area contributed by atoms with Crippen molar-refractivity contribution in [3.63, 3.8) is 0 Å². The Morgan fingerprint density at radius 2 is 2.00 bits per heavy atom. The first kappa shape index (κ1) is 10.3. The van der Waals surface area contributed by atoms with Gasteiger partial charge in [-0.2, -0.15) is 0 Å². The number of hydrogen-bond acceptors (Lipinski definition) is 2. The minimum atomic E-state index is -0.0244. The van der Waals surface area contributed by atoms with Gasteiger partial charge in [0.15, 0.2) is 5.78 Å². The average Bonchev–Trinajstić information content (AvgIpc) is 2.26. The molecule has 72 valence electrons. The number of rotatable bonds is 4. The van der Waals surface area contributed by atoms with E-state index in [0.717, 1.165) is 0 Å². The molecule has 0 amide bonds. The molecule has 0 fully saturated rings. The Kier molecular flexibility index (Phi) is 3.68. The maximum absolute atomic E-state index is 11.7. The summed E-state index contributed by atoms with van der Waals surface area (Å²) < 4.78 is 0. The van der Waals surface area contributed by atoms with E-state index in [0.29, 0.717) is 17.6 Å². The van der Waals surface area contributed by atoms with Crippen LogP contribution in [0.1, 0.15) is 16.8 Å². The van der Waals surface area contributed by atoms with Crippen LogP contribution in [0, 0.1) is 0 Å². The number of carbonyl (C=O) groups is 1. The Bertz CT molecular complexity index is 352. The number of benzene rings is 1. The van der Waals surface area contributed by atoms with Gasteiger partial charge in [-0.1, -0.05) is 43.0 Å². The van der Waals surface area contributed by atoms with Gasteiger partial charge in [0.05, 0.1) is 0 Å². The zero-order valence-corrected chi connectivity index (χ0v) is 7.94. The van der Waals surface area contributed by atoms with Crippen LogP contribution in [0.5, 0.6) is 0 Å². The highest BCUT2D eigenvalue weighted by molar-refractivity contribution is 6.08. The van der Waals surface area contributed by atoms with Crippen LogP contribution in [0.15, 0.2) is 54.8 Å². The van der Waals surface area contributed by atoms with Crippen LogP contribution in [0.2, 0.25) is 0 Å². The maximum Gasteiger partial charge on any atom is 0.188 e. The van der Waals surface area contributed by atoms with E-state index in [1.807, 2.05) is 18.2 Å². The lowest BCUT2D eigenvalue weighted by atomic mass is 10.0. The topological polar surface area (TPSA) is 43.1 Å². The van der Waals surface area contributed by atoms with Gasteiger partial charge >= 0.3 is 0 Å². The van der Waals surface area contributed by atoms with Crippen molar-refractivity contribution in [3.05, 3.63) is 60.3 Å². The van der Waals surface area contributed by atoms with E-state index in [4.69, 9.17) is 5.73 Å². The molecule has 14 heavy (non-hydrogen) atoms. The highest BCUT2D eigenvalue weighted by Gasteiger charge is 2.07. The Hall–Kier alpha value is -1.83. The average molecular weight is 187 g/mol. The van der Waals surface area contributed by atoms with Crippen molar-refractivity contribution in [2.24, 2.45) is 5.73 Å². The summed E-state index contributed by atoms with van der Waals surface area (Å²) in [6.45, 7) is 3.71. The fourth-order valence-corrected chi connectivity index (χ4v) is 1.10. The standard InChI is InChI=1S/C12H13NO/c1-10(6-5-9-13)12(14)11-7-3-2-4-8-11/h2-5,7-9H,1,6,13H2. The molecule has 0 spiro atoms. The van der Waals surface area contributed by atoms with Crippen molar-refractivity contribution in [1.29, 1.82) is 0 Å². The summed E-state index contributed by atoms with van der Waals surface area (Å²) >= 11 is 0. The molecule has 1 aromatic rings. The predicted molar refractivity (Wildman–Crippen MR) is 57.9 cm³/mol. The summed E-state index contributed by atoms with van der Waals surface area (Å²) in [5, 5.41) is 0.